The third kappa shape index (κ3) is 2.20. The summed E-state index contributed by atoms with van der Waals surface area (Å²) in [5.74, 6) is 0.597. The average molecular weight is 274 g/mol. The van der Waals surface area contributed by atoms with Crippen molar-refractivity contribution >= 4 is 34.1 Å². The second-order valence-corrected chi connectivity index (χ2v) is 3.80. The molecular weight excluding hydrogens is 263 g/mol. The van der Waals surface area contributed by atoms with Crippen LogP contribution in [0.15, 0.2) is 23.2 Å². The summed E-state index contributed by atoms with van der Waals surface area (Å²) in [6, 6.07) is 6.01. The van der Waals surface area contributed by atoms with Crippen LogP contribution in [0, 0.1) is 10.5 Å². The first-order chi connectivity index (χ1) is 5.61. The Morgan fingerprint density at radius 2 is 2.17 bits per heavy atom. The van der Waals surface area contributed by atoms with Gasteiger partial charge in [0.2, 0.25) is 0 Å². The number of nitrogens with two attached hydrogens (primary N) is 1. The lowest BCUT2D eigenvalue weighted by Crippen LogP contribution is -2.04. The third-order valence-electron chi connectivity index (χ3n) is 1.54. The summed E-state index contributed by atoms with van der Waals surface area (Å²) in [5, 5.41) is 0. The van der Waals surface area contributed by atoms with Gasteiger partial charge in [-0.1, -0.05) is 6.07 Å². The van der Waals surface area contributed by atoms with E-state index < -0.39 is 0 Å². The molecule has 0 fully saturated rings. The minimum atomic E-state index is 0.597. The Morgan fingerprint density at radius 3 is 2.75 bits per heavy atom. The van der Waals surface area contributed by atoms with Crippen molar-refractivity contribution in [3.05, 3.63) is 27.3 Å². The van der Waals surface area contributed by atoms with Gasteiger partial charge in [0.1, 0.15) is 0 Å². The SMILES string of the molecule is CC(N)=Nc1cccc(I)c1C. The summed E-state index contributed by atoms with van der Waals surface area (Å²) < 4.78 is 1.22. The van der Waals surface area contributed by atoms with Gasteiger partial charge in [-0.15, -0.1) is 0 Å². The summed E-state index contributed by atoms with van der Waals surface area (Å²) in [6.45, 7) is 3.84. The van der Waals surface area contributed by atoms with Crippen LogP contribution in [0.3, 0.4) is 0 Å². The molecule has 1 aromatic carbocycles. The summed E-state index contributed by atoms with van der Waals surface area (Å²) >= 11 is 2.29. The molecular formula is C9H11IN2. The molecule has 0 aromatic heterocycles. The summed E-state index contributed by atoms with van der Waals surface area (Å²) in [6.07, 6.45) is 0. The Hall–Kier alpha value is -0.580. The molecule has 0 saturated carbocycles. The Bertz CT molecular complexity index is 314. The van der Waals surface area contributed by atoms with Crippen LogP contribution in [0.5, 0.6) is 0 Å². The van der Waals surface area contributed by atoms with Gasteiger partial charge in [0.05, 0.1) is 11.5 Å². The molecule has 0 heterocycles. The lowest BCUT2D eigenvalue weighted by molar-refractivity contribution is 1.35. The van der Waals surface area contributed by atoms with Gasteiger partial charge in [-0.25, -0.2) is 4.99 Å². The van der Waals surface area contributed by atoms with Crippen molar-refractivity contribution in [2.45, 2.75) is 13.8 Å². The second kappa shape index (κ2) is 3.89. The molecule has 0 atom stereocenters. The molecule has 0 aliphatic heterocycles. The first-order valence-corrected chi connectivity index (χ1v) is 4.75. The molecule has 0 aliphatic carbocycles. The van der Waals surface area contributed by atoms with Crippen molar-refractivity contribution in [2.75, 3.05) is 0 Å². The highest BCUT2D eigenvalue weighted by Gasteiger charge is 1.98. The predicted molar refractivity (Wildman–Crippen MR) is 60.9 cm³/mol. The fraction of sp³-hybridized carbons (Fsp3) is 0.222. The van der Waals surface area contributed by atoms with Crippen molar-refractivity contribution in [3.8, 4) is 0 Å². The molecule has 2 nitrogen and oxygen atoms in total. The van der Waals surface area contributed by atoms with Crippen molar-refractivity contribution in [2.24, 2.45) is 10.7 Å². The Balaban J connectivity index is 3.17. The maximum absolute atomic E-state index is 5.49. The molecule has 0 unspecified atom stereocenters. The van der Waals surface area contributed by atoms with E-state index in [4.69, 9.17) is 5.73 Å². The maximum Gasteiger partial charge on any atom is 0.0965 e. The van der Waals surface area contributed by atoms with Crippen LogP contribution in [0.2, 0.25) is 0 Å². The van der Waals surface area contributed by atoms with Gasteiger partial charge in [-0.05, 0) is 54.1 Å². The van der Waals surface area contributed by atoms with Gasteiger partial charge in [0.25, 0.3) is 0 Å². The Kier molecular flexibility index (Phi) is 3.08. The largest absolute Gasteiger partial charge is 0.387 e. The van der Waals surface area contributed by atoms with Crippen molar-refractivity contribution in [1.29, 1.82) is 0 Å². The molecule has 0 radical (unpaired) electrons. The van der Waals surface area contributed by atoms with Gasteiger partial charge in [-0.2, -0.15) is 0 Å². The summed E-state index contributed by atoms with van der Waals surface area (Å²) in [7, 11) is 0. The average Bonchev–Trinajstić information content (AvgIpc) is 1.98. The van der Waals surface area contributed by atoms with Crippen LogP contribution in [-0.2, 0) is 0 Å². The Morgan fingerprint density at radius 1 is 1.50 bits per heavy atom. The molecule has 1 aromatic rings. The standard InChI is InChI=1S/C9H11IN2/c1-6-8(10)4-3-5-9(6)12-7(2)11/h3-5H,1-2H3,(H2,11,12). The summed E-state index contributed by atoms with van der Waals surface area (Å²) in [4.78, 5) is 4.21. The fourth-order valence-corrected chi connectivity index (χ4v) is 1.39. The van der Waals surface area contributed by atoms with E-state index in [1.807, 2.05) is 19.1 Å². The molecule has 3 heteroatoms. The van der Waals surface area contributed by atoms with Crippen LogP contribution in [-0.4, -0.2) is 5.84 Å². The second-order valence-electron chi connectivity index (χ2n) is 2.64. The normalized spacial score (nSPS) is 11.8. The number of rotatable bonds is 1. The van der Waals surface area contributed by atoms with E-state index in [-0.39, 0.29) is 0 Å². The number of nitrogens with zero attached hydrogens (tertiary/aromatic N) is 1. The maximum atomic E-state index is 5.49. The Labute approximate surface area is 86.0 Å². The van der Waals surface area contributed by atoms with Crippen LogP contribution < -0.4 is 5.73 Å². The lowest BCUT2D eigenvalue weighted by Gasteiger charge is -2.02. The van der Waals surface area contributed by atoms with Crippen molar-refractivity contribution in [3.63, 3.8) is 0 Å². The highest BCUT2D eigenvalue weighted by molar-refractivity contribution is 14.1. The zero-order chi connectivity index (χ0) is 9.14. The quantitative estimate of drug-likeness (QED) is 0.477. The predicted octanol–water partition coefficient (Wildman–Crippen LogP) is 2.61. The van der Waals surface area contributed by atoms with Crippen molar-refractivity contribution in [1.82, 2.24) is 0 Å². The highest BCUT2D eigenvalue weighted by Crippen LogP contribution is 2.22. The van der Waals surface area contributed by atoms with E-state index in [0.717, 1.165) is 5.69 Å². The molecule has 0 saturated heterocycles. The van der Waals surface area contributed by atoms with Crippen LogP contribution >= 0.6 is 22.6 Å². The molecule has 12 heavy (non-hydrogen) atoms. The van der Waals surface area contributed by atoms with E-state index in [1.165, 1.54) is 9.13 Å². The van der Waals surface area contributed by atoms with Gasteiger partial charge in [-0.3, -0.25) is 0 Å². The summed E-state index contributed by atoms with van der Waals surface area (Å²) in [5.41, 5.74) is 7.63. The molecule has 1 rings (SSSR count). The van der Waals surface area contributed by atoms with E-state index >= 15 is 0 Å². The number of halogens is 1. The number of amidine groups is 1. The van der Waals surface area contributed by atoms with Crippen LogP contribution in [0.25, 0.3) is 0 Å². The fourth-order valence-electron chi connectivity index (χ4n) is 0.907. The molecule has 0 bridgehead atoms. The van der Waals surface area contributed by atoms with Gasteiger partial charge < -0.3 is 5.73 Å². The van der Waals surface area contributed by atoms with Crippen LogP contribution in [0.1, 0.15) is 12.5 Å². The van der Waals surface area contributed by atoms with E-state index in [9.17, 15) is 0 Å². The first kappa shape index (κ1) is 9.51. The van der Waals surface area contributed by atoms with E-state index in [1.54, 1.807) is 6.92 Å². The third-order valence-corrected chi connectivity index (χ3v) is 2.70. The molecule has 64 valence electrons. The monoisotopic (exact) mass is 274 g/mol. The van der Waals surface area contributed by atoms with Crippen molar-refractivity contribution < 1.29 is 0 Å². The number of hydrogen-bond donors (Lipinski definition) is 1. The van der Waals surface area contributed by atoms with E-state index in [2.05, 4.69) is 33.6 Å². The highest BCUT2D eigenvalue weighted by atomic mass is 127. The van der Waals surface area contributed by atoms with Gasteiger partial charge in [0, 0.05) is 3.57 Å². The number of aliphatic imine (C=N–C) groups is 1. The molecule has 0 aliphatic rings. The zero-order valence-corrected chi connectivity index (χ0v) is 9.29. The number of hydrogen-bond acceptors (Lipinski definition) is 1. The topological polar surface area (TPSA) is 38.4 Å². The minimum absolute atomic E-state index is 0.597. The molecule has 0 spiro atoms. The first-order valence-electron chi connectivity index (χ1n) is 3.67. The molecule has 2 N–H and O–H groups in total. The van der Waals surface area contributed by atoms with E-state index in [0.29, 0.717) is 5.84 Å². The van der Waals surface area contributed by atoms with Gasteiger partial charge in [0.15, 0.2) is 0 Å². The smallest absolute Gasteiger partial charge is 0.0965 e. The van der Waals surface area contributed by atoms with Crippen LogP contribution in [0.4, 0.5) is 5.69 Å². The zero-order valence-electron chi connectivity index (χ0n) is 7.13. The lowest BCUT2D eigenvalue weighted by atomic mass is 10.2. The molecule has 0 amide bonds. The minimum Gasteiger partial charge on any atom is -0.387 e. The van der Waals surface area contributed by atoms with Gasteiger partial charge >= 0.3 is 0 Å². The number of benzene rings is 1.